The molecule has 0 amide bonds. The van der Waals surface area contributed by atoms with Gasteiger partial charge in [0.05, 0.1) is 24.0 Å². The fraction of sp³-hybridized carbons (Fsp3) is 0.273. The second-order valence-corrected chi connectivity index (χ2v) is 6.89. The summed E-state index contributed by atoms with van der Waals surface area (Å²) in [5.74, 6) is 0.490. The lowest BCUT2D eigenvalue weighted by molar-refractivity contribution is 0.116. The second-order valence-electron chi connectivity index (χ2n) is 6.89. The summed E-state index contributed by atoms with van der Waals surface area (Å²) >= 11 is 0. The first-order valence-corrected chi connectivity index (χ1v) is 9.35. The predicted molar refractivity (Wildman–Crippen MR) is 110 cm³/mol. The molecule has 4 aromatic rings. The number of para-hydroxylation sites is 1. The zero-order valence-electron chi connectivity index (χ0n) is 15.6. The van der Waals surface area contributed by atoms with Crippen molar-refractivity contribution in [2.45, 2.75) is 32.9 Å². The molecule has 5 nitrogen and oxygen atoms in total. The normalized spacial score (nSPS) is 11.4. The number of nitrogens with two attached hydrogens (primary N) is 1. The van der Waals surface area contributed by atoms with Crippen molar-refractivity contribution in [2.24, 2.45) is 0 Å². The number of pyridine rings is 1. The average molecular weight is 360 g/mol. The summed E-state index contributed by atoms with van der Waals surface area (Å²) in [4.78, 5) is 8.93. The van der Waals surface area contributed by atoms with Crippen LogP contribution in [-0.4, -0.2) is 21.1 Å². The van der Waals surface area contributed by atoms with Crippen LogP contribution in [0, 0.1) is 6.92 Å². The Bertz CT molecular complexity index is 1050. The number of fused-ring (bicyclic) bond motifs is 3. The van der Waals surface area contributed by atoms with Gasteiger partial charge in [0.1, 0.15) is 5.52 Å². The summed E-state index contributed by atoms with van der Waals surface area (Å²) in [5.41, 5.74) is 11.3. The van der Waals surface area contributed by atoms with Crippen LogP contribution in [0.1, 0.15) is 24.0 Å². The topological polar surface area (TPSA) is 66.0 Å². The molecule has 0 bridgehead atoms. The molecule has 0 aliphatic carbocycles. The van der Waals surface area contributed by atoms with E-state index in [0.29, 0.717) is 12.4 Å². The molecule has 2 aromatic carbocycles. The minimum atomic E-state index is 0.490. The molecule has 0 fully saturated rings. The molecule has 4 rings (SSSR count). The van der Waals surface area contributed by atoms with Crippen molar-refractivity contribution in [3.8, 4) is 0 Å². The number of hydrogen-bond acceptors (Lipinski definition) is 4. The third kappa shape index (κ3) is 3.78. The van der Waals surface area contributed by atoms with Gasteiger partial charge >= 0.3 is 0 Å². The number of nitrogen functional groups attached to an aromatic ring is 1. The molecule has 2 aromatic heterocycles. The molecule has 0 saturated carbocycles. The number of rotatable bonds is 7. The Balaban J connectivity index is 1.36. The number of ether oxygens (including phenoxy) is 1. The van der Waals surface area contributed by atoms with Gasteiger partial charge in [0.15, 0.2) is 5.82 Å². The highest BCUT2D eigenvalue weighted by atomic mass is 16.5. The van der Waals surface area contributed by atoms with Crippen LogP contribution in [0.3, 0.4) is 0 Å². The highest BCUT2D eigenvalue weighted by Crippen LogP contribution is 2.27. The van der Waals surface area contributed by atoms with Crippen LogP contribution in [0.25, 0.3) is 21.9 Å². The fourth-order valence-corrected chi connectivity index (χ4v) is 3.34. The van der Waals surface area contributed by atoms with E-state index < -0.39 is 0 Å². The molecule has 2 N–H and O–H groups in total. The number of imidazole rings is 1. The summed E-state index contributed by atoms with van der Waals surface area (Å²) in [6.45, 7) is 4.40. The quantitative estimate of drug-likeness (QED) is 0.494. The highest BCUT2D eigenvalue weighted by molar-refractivity contribution is 6.06. The molecule has 5 heteroatoms. The van der Waals surface area contributed by atoms with E-state index in [2.05, 4.69) is 51.8 Å². The smallest absolute Gasteiger partial charge is 0.152 e. The number of benzene rings is 2. The molecular weight excluding hydrogens is 336 g/mol. The molecule has 138 valence electrons. The standard InChI is InChI=1S/C22H24N4O/c1-16-8-10-17(11-9-16)14-27-13-5-4-12-26-15-24-20-21(26)18-6-2-3-7-19(18)25-22(20)23/h2-3,6-11,15H,4-5,12-14H2,1H3,(H2,23,25). The van der Waals surface area contributed by atoms with E-state index in [-0.39, 0.29) is 0 Å². The summed E-state index contributed by atoms with van der Waals surface area (Å²) in [7, 11) is 0. The molecule has 2 heterocycles. The number of nitrogens with zero attached hydrogens (tertiary/aromatic N) is 3. The maximum absolute atomic E-state index is 6.09. The van der Waals surface area contributed by atoms with Gasteiger partial charge in [-0.1, -0.05) is 48.0 Å². The summed E-state index contributed by atoms with van der Waals surface area (Å²) < 4.78 is 7.98. The van der Waals surface area contributed by atoms with Gasteiger partial charge in [-0.25, -0.2) is 9.97 Å². The maximum Gasteiger partial charge on any atom is 0.152 e. The van der Waals surface area contributed by atoms with E-state index in [1.165, 1.54) is 11.1 Å². The van der Waals surface area contributed by atoms with Crippen molar-refractivity contribution in [2.75, 3.05) is 12.3 Å². The van der Waals surface area contributed by atoms with Crippen LogP contribution in [0.5, 0.6) is 0 Å². The van der Waals surface area contributed by atoms with Gasteiger partial charge in [-0.15, -0.1) is 0 Å². The SMILES string of the molecule is Cc1ccc(COCCCCn2cnc3c(N)nc4ccccc4c32)cc1. The zero-order valence-corrected chi connectivity index (χ0v) is 15.6. The Labute approximate surface area is 158 Å². The molecule has 0 atom stereocenters. The predicted octanol–water partition coefficient (Wildman–Crippen LogP) is 4.47. The summed E-state index contributed by atoms with van der Waals surface area (Å²) in [6.07, 6.45) is 3.89. The van der Waals surface area contributed by atoms with E-state index in [1.54, 1.807) is 0 Å². The molecule has 0 unspecified atom stereocenters. The number of hydrogen-bond donors (Lipinski definition) is 1. The van der Waals surface area contributed by atoms with Crippen LogP contribution in [-0.2, 0) is 17.9 Å². The van der Waals surface area contributed by atoms with Gasteiger partial charge in [-0.05, 0) is 31.4 Å². The first kappa shape index (κ1) is 17.5. The van der Waals surface area contributed by atoms with Crippen molar-refractivity contribution in [1.29, 1.82) is 0 Å². The molecule has 0 saturated heterocycles. The number of unbranched alkanes of at least 4 members (excludes halogenated alkanes) is 1. The number of aromatic nitrogens is 3. The van der Waals surface area contributed by atoms with E-state index in [1.807, 2.05) is 24.5 Å². The van der Waals surface area contributed by atoms with Crippen LogP contribution in [0.4, 0.5) is 5.82 Å². The Hall–Kier alpha value is -2.92. The Morgan fingerprint density at radius 2 is 1.85 bits per heavy atom. The third-order valence-corrected chi connectivity index (χ3v) is 4.81. The van der Waals surface area contributed by atoms with E-state index in [9.17, 15) is 0 Å². The van der Waals surface area contributed by atoms with Gasteiger partial charge in [0.2, 0.25) is 0 Å². The number of anilines is 1. The zero-order chi connectivity index (χ0) is 18.6. The summed E-state index contributed by atoms with van der Waals surface area (Å²) in [6, 6.07) is 16.5. The monoisotopic (exact) mass is 360 g/mol. The maximum atomic E-state index is 6.09. The largest absolute Gasteiger partial charge is 0.382 e. The van der Waals surface area contributed by atoms with E-state index in [0.717, 1.165) is 47.9 Å². The molecular formula is C22H24N4O. The van der Waals surface area contributed by atoms with Gasteiger partial charge in [-0.3, -0.25) is 0 Å². The van der Waals surface area contributed by atoms with Crippen LogP contribution in [0.2, 0.25) is 0 Å². The van der Waals surface area contributed by atoms with Crippen LogP contribution < -0.4 is 5.73 Å². The van der Waals surface area contributed by atoms with E-state index in [4.69, 9.17) is 10.5 Å². The van der Waals surface area contributed by atoms with Crippen molar-refractivity contribution < 1.29 is 4.74 Å². The molecule has 0 radical (unpaired) electrons. The molecule has 0 spiro atoms. The van der Waals surface area contributed by atoms with Gasteiger partial charge in [-0.2, -0.15) is 0 Å². The van der Waals surface area contributed by atoms with Crippen LogP contribution in [0.15, 0.2) is 54.9 Å². The first-order valence-electron chi connectivity index (χ1n) is 9.35. The second kappa shape index (κ2) is 7.76. The summed E-state index contributed by atoms with van der Waals surface area (Å²) in [5, 5.41) is 1.09. The molecule has 27 heavy (non-hydrogen) atoms. The van der Waals surface area contributed by atoms with Gasteiger partial charge in [0, 0.05) is 18.5 Å². The highest BCUT2D eigenvalue weighted by Gasteiger charge is 2.11. The lowest BCUT2D eigenvalue weighted by atomic mass is 10.2. The molecule has 0 aliphatic rings. The lowest BCUT2D eigenvalue weighted by Gasteiger charge is -2.08. The van der Waals surface area contributed by atoms with Crippen LogP contribution >= 0.6 is 0 Å². The average Bonchev–Trinajstić information content (AvgIpc) is 3.11. The van der Waals surface area contributed by atoms with Crippen molar-refractivity contribution >= 4 is 27.8 Å². The minimum Gasteiger partial charge on any atom is -0.382 e. The van der Waals surface area contributed by atoms with Gasteiger partial charge in [0.25, 0.3) is 0 Å². The van der Waals surface area contributed by atoms with Crippen molar-refractivity contribution in [1.82, 2.24) is 14.5 Å². The Kier molecular flexibility index (Phi) is 5.03. The van der Waals surface area contributed by atoms with E-state index >= 15 is 0 Å². The van der Waals surface area contributed by atoms with Gasteiger partial charge < -0.3 is 15.0 Å². The first-order chi connectivity index (χ1) is 13.2. The number of aryl methyl sites for hydroxylation is 2. The third-order valence-electron chi connectivity index (χ3n) is 4.81. The van der Waals surface area contributed by atoms with Crippen molar-refractivity contribution in [3.05, 3.63) is 66.0 Å². The van der Waals surface area contributed by atoms with Crippen molar-refractivity contribution in [3.63, 3.8) is 0 Å². The Morgan fingerprint density at radius 1 is 1.04 bits per heavy atom. The Morgan fingerprint density at radius 3 is 2.70 bits per heavy atom. The molecule has 0 aliphatic heterocycles. The fourth-order valence-electron chi connectivity index (χ4n) is 3.34. The lowest BCUT2D eigenvalue weighted by Crippen LogP contribution is -2.01. The minimum absolute atomic E-state index is 0.490.